The van der Waals surface area contributed by atoms with Crippen LogP contribution in [0.3, 0.4) is 0 Å². The molecule has 3 nitrogen and oxygen atoms in total. The van der Waals surface area contributed by atoms with Crippen molar-refractivity contribution in [3.05, 3.63) is 48.0 Å². The molecule has 0 spiro atoms. The highest BCUT2D eigenvalue weighted by atomic mass is 19.1. The summed E-state index contributed by atoms with van der Waals surface area (Å²) in [5.41, 5.74) is 1.62. The van der Waals surface area contributed by atoms with Crippen molar-refractivity contribution in [3.63, 3.8) is 0 Å². The summed E-state index contributed by atoms with van der Waals surface area (Å²) in [5.74, 6) is 0.178. The summed E-state index contributed by atoms with van der Waals surface area (Å²) < 4.78 is 18.2. The van der Waals surface area contributed by atoms with Gasteiger partial charge in [-0.3, -0.25) is 4.98 Å². The van der Waals surface area contributed by atoms with Gasteiger partial charge in [-0.05, 0) is 24.3 Å². The Morgan fingerprint density at radius 1 is 1.29 bits per heavy atom. The standard InChI is InChI=1S/C13H9FN2O/c1-17-12-3-2-9(6-15)13(5-12)10-4-11(14)8-16-7-10/h2-5,7-8H,1H3. The van der Waals surface area contributed by atoms with Crippen molar-refractivity contribution in [3.8, 4) is 22.9 Å². The van der Waals surface area contributed by atoms with Crippen LogP contribution in [0.15, 0.2) is 36.7 Å². The van der Waals surface area contributed by atoms with Crippen molar-refractivity contribution in [1.82, 2.24) is 4.98 Å². The predicted octanol–water partition coefficient (Wildman–Crippen LogP) is 2.77. The highest BCUT2D eigenvalue weighted by Gasteiger charge is 2.07. The Bertz CT molecular complexity index is 590. The summed E-state index contributed by atoms with van der Waals surface area (Å²) in [6.45, 7) is 0. The monoisotopic (exact) mass is 228 g/mol. The first-order chi connectivity index (χ1) is 8.24. The van der Waals surface area contributed by atoms with E-state index in [1.807, 2.05) is 0 Å². The number of aromatic nitrogens is 1. The van der Waals surface area contributed by atoms with Gasteiger partial charge in [0.25, 0.3) is 0 Å². The van der Waals surface area contributed by atoms with Gasteiger partial charge in [0.1, 0.15) is 11.6 Å². The zero-order valence-corrected chi connectivity index (χ0v) is 9.14. The fourth-order valence-corrected chi connectivity index (χ4v) is 1.55. The van der Waals surface area contributed by atoms with Crippen molar-refractivity contribution in [2.75, 3.05) is 7.11 Å². The van der Waals surface area contributed by atoms with Gasteiger partial charge in [-0.2, -0.15) is 5.26 Å². The highest BCUT2D eigenvalue weighted by Crippen LogP contribution is 2.27. The fraction of sp³-hybridized carbons (Fsp3) is 0.0769. The molecule has 1 heterocycles. The zero-order valence-electron chi connectivity index (χ0n) is 9.14. The molecule has 0 aliphatic rings. The van der Waals surface area contributed by atoms with Gasteiger partial charge in [-0.25, -0.2) is 4.39 Å². The van der Waals surface area contributed by atoms with E-state index in [0.29, 0.717) is 22.4 Å². The second kappa shape index (κ2) is 4.62. The Balaban J connectivity index is 2.61. The molecule has 0 atom stereocenters. The molecule has 0 bridgehead atoms. The lowest BCUT2D eigenvalue weighted by atomic mass is 10.0. The van der Waals surface area contributed by atoms with Crippen LogP contribution in [0.5, 0.6) is 5.75 Å². The smallest absolute Gasteiger partial charge is 0.142 e. The van der Waals surface area contributed by atoms with Crippen LogP contribution in [-0.2, 0) is 0 Å². The quantitative estimate of drug-likeness (QED) is 0.793. The van der Waals surface area contributed by atoms with E-state index in [2.05, 4.69) is 11.1 Å². The molecule has 0 saturated carbocycles. The molecule has 17 heavy (non-hydrogen) atoms. The summed E-state index contributed by atoms with van der Waals surface area (Å²) in [6.07, 6.45) is 2.63. The first-order valence-electron chi connectivity index (χ1n) is 4.93. The Labute approximate surface area is 98.1 Å². The maximum Gasteiger partial charge on any atom is 0.142 e. The van der Waals surface area contributed by atoms with E-state index < -0.39 is 5.82 Å². The molecule has 0 fully saturated rings. The maximum absolute atomic E-state index is 13.1. The van der Waals surface area contributed by atoms with Crippen molar-refractivity contribution >= 4 is 0 Å². The van der Waals surface area contributed by atoms with Gasteiger partial charge in [0, 0.05) is 17.3 Å². The van der Waals surface area contributed by atoms with E-state index in [4.69, 9.17) is 10.00 Å². The summed E-state index contributed by atoms with van der Waals surface area (Å²) >= 11 is 0. The van der Waals surface area contributed by atoms with Crippen LogP contribution in [0.1, 0.15) is 5.56 Å². The number of hydrogen-bond donors (Lipinski definition) is 0. The molecule has 1 aromatic carbocycles. The SMILES string of the molecule is COc1ccc(C#N)c(-c2cncc(F)c2)c1. The molecule has 0 N–H and O–H groups in total. The van der Waals surface area contributed by atoms with E-state index >= 15 is 0 Å². The topological polar surface area (TPSA) is 45.9 Å². The minimum atomic E-state index is -0.436. The molecule has 0 saturated heterocycles. The van der Waals surface area contributed by atoms with Crippen LogP contribution < -0.4 is 4.74 Å². The Morgan fingerprint density at radius 2 is 2.12 bits per heavy atom. The third-order valence-electron chi connectivity index (χ3n) is 2.36. The van der Waals surface area contributed by atoms with E-state index in [1.165, 1.54) is 19.4 Å². The first-order valence-corrected chi connectivity index (χ1v) is 4.93. The third kappa shape index (κ3) is 2.23. The summed E-state index contributed by atoms with van der Waals surface area (Å²) in [4.78, 5) is 3.77. The number of hydrogen-bond acceptors (Lipinski definition) is 3. The van der Waals surface area contributed by atoms with E-state index in [1.54, 1.807) is 18.2 Å². The molecular formula is C13H9FN2O. The number of nitriles is 1. The minimum absolute atomic E-state index is 0.436. The zero-order chi connectivity index (χ0) is 12.3. The number of halogens is 1. The van der Waals surface area contributed by atoms with E-state index in [9.17, 15) is 4.39 Å². The molecular weight excluding hydrogens is 219 g/mol. The Morgan fingerprint density at radius 3 is 2.76 bits per heavy atom. The lowest BCUT2D eigenvalue weighted by molar-refractivity contribution is 0.415. The number of pyridine rings is 1. The van der Waals surface area contributed by atoms with Gasteiger partial charge in [-0.1, -0.05) is 0 Å². The molecule has 84 valence electrons. The van der Waals surface area contributed by atoms with Crippen LogP contribution in [-0.4, -0.2) is 12.1 Å². The summed E-state index contributed by atoms with van der Waals surface area (Å²) in [5, 5.41) is 9.01. The van der Waals surface area contributed by atoms with Gasteiger partial charge < -0.3 is 4.74 Å². The number of methoxy groups -OCH3 is 1. The molecule has 2 aromatic rings. The number of nitrogens with zero attached hydrogens (tertiary/aromatic N) is 2. The van der Waals surface area contributed by atoms with E-state index in [0.717, 1.165) is 6.20 Å². The average molecular weight is 228 g/mol. The second-order valence-electron chi connectivity index (χ2n) is 3.42. The van der Waals surface area contributed by atoms with Crippen LogP contribution in [0, 0.1) is 17.1 Å². The number of benzene rings is 1. The van der Waals surface area contributed by atoms with Crippen molar-refractivity contribution in [1.29, 1.82) is 5.26 Å². The average Bonchev–Trinajstić information content (AvgIpc) is 2.38. The molecule has 2 rings (SSSR count). The van der Waals surface area contributed by atoms with E-state index in [-0.39, 0.29) is 0 Å². The van der Waals surface area contributed by atoms with Gasteiger partial charge in [0.2, 0.25) is 0 Å². The molecule has 0 unspecified atom stereocenters. The first kappa shape index (κ1) is 11.1. The van der Waals surface area contributed by atoms with Crippen LogP contribution >= 0.6 is 0 Å². The van der Waals surface area contributed by atoms with Crippen molar-refractivity contribution in [2.24, 2.45) is 0 Å². The lowest BCUT2D eigenvalue weighted by Crippen LogP contribution is -1.90. The van der Waals surface area contributed by atoms with Crippen molar-refractivity contribution < 1.29 is 9.13 Å². The normalized spacial score (nSPS) is 9.71. The highest BCUT2D eigenvalue weighted by molar-refractivity contribution is 5.71. The van der Waals surface area contributed by atoms with Gasteiger partial charge >= 0.3 is 0 Å². The predicted molar refractivity (Wildman–Crippen MR) is 60.9 cm³/mol. The molecule has 4 heteroatoms. The molecule has 0 aliphatic carbocycles. The third-order valence-corrected chi connectivity index (χ3v) is 2.36. The van der Waals surface area contributed by atoms with Crippen LogP contribution in [0.2, 0.25) is 0 Å². The maximum atomic E-state index is 13.1. The molecule has 0 aliphatic heterocycles. The lowest BCUT2D eigenvalue weighted by Gasteiger charge is -2.06. The van der Waals surface area contributed by atoms with Crippen LogP contribution in [0.4, 0.5) is 4.39 Å². The molecule has 0 radical (unpaired) electrons. The summed E-state index contributed by atoms with van der Waals surface area (Å²) in [6, 6.07) is 8.41. The number of ether oxygens (including phenoxy) is 1. The molecule has 1 aromatic heterocycles. The van der Waals surface area contributed by atoms with Gasteiger partial charge in [0.05, 0.1) is 24.9 Å². The Kier molecular flexibility index (Phi) is 3.01. The largest absolute Gasteiger partial charge is 0.497 e. The summed E-state index contributed by atoms with van der Waals surface area (Å²) in [7, 11) is 1.54. The minimum Gasteiger partial charge on any atom is -0.497 e. The second-order valence-corrected chi connectivity index (χ2v) is 3.42. The van der Waals surface area contributed by atoms with Gasteiger partial charge in [-0.15, -0.1) is 0 Å². The molecule has 0 amide bonds. The van der Waals surface area contributed by atoms with Crippen LogP contribution in [0.25, 0.3) is 11.1 Å². The van der Waals surface area contributed by atoms with Crippen molar-refractivity contribution in [2.45, 2.75) is 0 Å². The Hall–Kier alpha value is -2.41. The van der Waals surface area contributed by atoms with Gasteiger partial charge in [0.15, 0.2) is 0 Å². The number of rotatable bonds is 2. The fourth-order valence-electron chi connectivity index (χ4n) is 1.55.